The van der Waals surface area contributed by atoms with Gasteiger partial charge in [-0.25, -0.2) is 5.53 Å². The first kappa shape index (κ1) is 8.30. The van der Waals surface area contributed by atoms with Crippen LogP contribution in [0.4, 0.5) is 11.5 Å². The molecule has 0 radical (unpaired) electrons. The molecule has 70 valence electrons. The van der Waals surface area contributed by atoms with E-state index in [1.165, 1.54) is 18.2 Å². The summed E-state index contributed by atoms with van der Waals surface area (Å²) in [5, 5.41) is 20.5. The summed E-state index contributed by atoms with van der Waals surface area (Å²) in [6.07, 6.45) is 0. The Labute approximate surface area is 77.4 Å². The molecule has 0 aliphatic heterocycles. The second-order valence-electron chi connectivity index (χ2n) is 2.65. The van der Waals surface area contributed by atoms with E-state index in [2.05, 4.69) is 15.3 Å². The smallest absolute Gasteiger partial charge is 0.271 e. The van der Waals surface area contributed by atoms with E-state index in [0.29, 0.717) is 10.9 Å². The van der Waals surface area contributed by atoms with Gasteiger partial charge in [-0.15, -0.1) is 5.11 Å². The first-order valence-electron chi connectivity index (χ1n) is 3.72. The Morgan fingerprint density at radius 1 is 1.57 bits per heavy atom. The first-order valence-corrected chi connectivity index (χ1v) is 3.72. The number of nitro groups is 1. The van der Waals surface area contributed by atoms with Crippen molar-refractivity contribution in [3.8, 4) is 0 Å². The molecule has 7 nitrogen and oxygen atoms in total. The maximum Gasteiger partial charge on any atom is 0.271 e. The molecule has 0 saturated carbocycles. The van der Waals surface area contributed by atoms with Crippen LogP contribution in [-0.4, -0.2) is 15.1 Å². The molecule has 0 saturated heterocycles. The highest BCUT2D eigenvalue weighted by Crippen LogP contribution is 2.25. The maximum absolute atomic E-state index is 10.4. The normalized spacial score (nSPS) is 10.3. The van der Waals surface area contributed by atoms with Crippen LogP contribution in [0, 0.1) is 15.6 Å². The number of hydrogen-bond donors (Lipinski definition) is 2. The molecule has 1 aromatic heterocycles. The quantitative estimate of drug-likeness (QED) is 0.431. The van der Waals surface area contributed by atoms with E-state index in [1.807, 2.05) is 0 Å². The molecule has 0 bridgehead atoms. The number of aromatic nitrogens is 2. The van der Waals surface area contributed by atoms with E-state index in [0.717, 1.165) is 0 Å². The topological polar surface area (TPSA) is 108 Å². The summed E-state index contributed by atoms with van der Waals surface area (Å²) in [4.78, 5) is 9.94. The van der Waals surface area contributed by atoms with Crippen LogP contribution in [0.1, 0.15) is 0 Å². The van der Waals surface area contributed by atoms with Gasteiger partial charge in [-0.05, 0) is 6.07 Å². The van der Waals surface area contributed by atoms with Gasteiger partial charge in [-0.2, -0.15) is 5.10 Å². The molecule has 2 aromatic rings. The number of fused-ring (bicyclic) bond motifs is 1. The van der Waals surface area contributed by atoms with Gasteiger partial charge in [0.1, 0.15) is 0 Å². The van der Waals surface area contributed by atoms with E-state index < -0.39 is 4.92 Å². The van der Waals surface area contributed by atoms with Gasteiger partial charge >= 0.3 is 0 Å². The highest BCUT2D eigenvalue weighted by molar-refractivity contribution is 5.89. The van der Waals surface area contributed by atoms with Crippen LogP contribution in [0.5, 0.6) is 0 Å². The maximum atomic E-state index is 10.4. The Morgan fingerprint density at radius 3 is 3.00 bits per heavy atom. The average Bonchev–Trinajstić information content (AvgIpc) is 2.59. The average molecular weight is 191 g/mol. The van der Waals surface area contributed by atoms with Crippen molar-refractivity contribution in [2.75, 3.05) is 0 Å². The molecular formula is C7H5N5O2. The van der Waals surface area contributed by atoms with E-state index in [9.17, 15) is 10.1 Å². The largest absolute Gasteiger partial charge is 0.275 e. The van der Waals surface area contributed by atoms with Gasteiger partial charge in [0.15, 0.2) is 0 Å². The molecular weight excluding hydrogens is 186 g/mol. The van der Waals surface area contributed by atoms with E-state index in [1.54, 1.807) is 0 Å². The third-order valence-corrected chi connectivity index (χ3v) is 1.84. The summed E-state index contributed by atoms with van der Waals surface area (Å²) in [5.74, 6) is 0.231. The first-order chi connectivity index (χ1) is 6.72. The Kier molecular flexibility index (Phi) is 1.70. The van der Waals surface area contributed by atoms with Gasteiger partial charge in [-0.1, -0.05) is 0 Å². The number of aromatic amines is 1. The van der Waals surface area contributed by atoms with Gasteiger partial charge in [-0.3, -0.25) is 15.2 Å². The summed E-state index contributed by atoms with van der Waals surface area (Å²) in [5.41, 5.74) is 7.28. The van der Waals surface area contributed by atoms with Gasteiger partial charge in [0.2, 0.25) is 5.82 Å². The Balaban J connectivity index is 2.68. The predicted octanol–water partition coefficient (Wildman–Crippen LogP) is 2.13. The third kappa shape index (κ3) is 1.11. The number of hydrogen-bond acceptors (Lipinski definition) is 5. The van der Waals surface area contributed by atoms with Crippen molar-refractivity contribution >= 4 is 22.4 Å². The molecule has 0 spiro atoms. The molecule has 14 heavy (non-hydrogen) atoms. The van der Waals surface area contributed by atoms with E-state index in [4.69, 9.17) is 5.53 Å². The number of rotatable bonds is 2. The standard InChI is InChI=1S/C7H5N5O2/c8-9-7-5-2-1-4(12(13)14)3-6(5)10-11-7/h1-3,8H,(H,10,11). The molecule has 1 aromatic carbocycles. The number of H-pyrrole nitrogens is 1. The summed E-state index contributed by atoms with van der Waals surface area (Å²) in [6, 6.07) is 4.23. The fourth-order valence-electron chi connectivity index (χ4n) is 1.19. The van der Waals surface area contributed by atoms with Crippen molar-refractivity contribution in [1.29, 1.82) is 5.53 Å². The lowest BCUT2D eigenvalue weighted by Crippen LogP contribution is -1.86. The van der Waals surface area contributed by atoms with Crippen molar-refractivity contribution < 1.29 is 4.92 Å². The summed E-state index contributed by atoms with van der Waals surface area (Å²) < 4.78 is 0. The lowest BCUT2D eigenvalue weighted by atomic mass is 10.2. The summed E-state index contributed by atoms with van der Waals surface area (Å²) in [7, 11) is 0. The van der Waals surface area contributed by atoms with Crippen molar-refractivity contribution in [3.05, 3.63) is 28.3 Å². The minimum Gasteiger partial charge on any atom is -0.275 e. The van der Waals surface area contributed by atoms with Crippen molar-refractivity contribution in [1.82, 2.24) is 10.2 Å². The van der Waals surface area contributed by atoms with Gasteiger partial charge in [0, 0.05) is 17.5 Å². The SMILES string of the molecule is N=Nc1n[nH]c2cc([N+](=O)[O-])ccc12. The van der Waals surface area contributed by atoms with Crippen LogP contribution in [0.15, 0.2) is 23.3 Å². The molecule has 2 N–H and O–H groups in total. The molecule has 0 amide bonds. The van der Waals surface area contributed by atoms with Crippen LogP contribution < -0.4 is 0 Å². The second-order valence-corrected chi connectivity index (χ2v) is 2.65. The third-order valence-electron chi connectivity index (χ3n) is 1.84. The number of nitro benzene ring substituents is 1. The van der Waals surface area contributed by atoms with Crippen LogP contribution in [0.2, 0.25) is 0 Å². The zero-order chi connectivity index (χ0) is 10.1. The summed E-state index contributed by atoms with van der Waals surface area (Å²) >= 11 is 0. The second kappa shape index (κ2) is 2.87. The number of benzene rings is 1. The zero-order valence-corrected chi connectivity index (χ0v) is 6.89. The molecule has 0 atom stereocenters. The minimum absolute atomic E-state index is 0.0160. The highest BCUT2D eigenvalue weighted by Gasteiger charge is 2.10. The molecule has 2 rings (SSSR count). The van der Waals surface area contributed by atoms with Crippen LogP contribution in [0.3, 0.4) is 0 Å². The van der Waals surface area contributed by atoms with Gasteiger partial charge < -0.3 is 0 Å². The van der Waals surface area contributed by atoms with Crippen LogP contribution in [0.25, 0.3) is 10.9 Å². The van der Waals surface area contributed by atoms with Crippen molar-refractivity contribution in [2.24, 2.45) is 5.11 Å². The molecule has 0 aliphatic rings. The number of nitrogens with zero attached hydrogens (tertiary/aromatic N) is 3. The van der Waals surface area contributed by atoms with Gasteiger partial charge in [0.25, 0.3) is 5.69 Å². The van der Waals surface area contributed by atoms with Crippen molar-refractivity contribution in [2.45, 2.75) is 0 Å². The molecule has 1 heterocycles. The van der Waals surface area contributed by atoms with Gasteiger partial charge in [0.05, 0.1) is 10.4 Å². The van der Waals surface area contributed by atoms with E-state index in [-0.39, 0.29) is 11.5 Å². The monoisotopic (exact) mass is 191 g/mol. The van der Waals surface area contributed by atoms with Crippen LogP contribution >= 0.6 is 0 Å². The fourth-order valence-corrected chi connectivity index (χ4v) is 1.19. The zero-order valence-electron chi connectivity index (χ0n) is 6.89. The lowest BCUT2D eigenvalue weighted by Gasteiger charge is -1.90. The fraction of sp³-hybridized carbons (Fsp3) is 0. The minimum atomic E-state index is -0.488. The molecule has 0 aliphatic carbocycles. The van der Waals surface area contributed by atoms with Crippen LogP contribution in [-0.2, 0) is 0 Å². The predicted molar refractivity (Wildman–Crippen MR) is 47.6 cm³/mol. The number of non-ortho nitro benzene ring substituents is 1. The Hall–Kier alpha value is -2.31. The number of nitrogens with one attached hydrogen (secondary N) is 2. The molecule has 0 unspecified atom stereocenters. The van der Waals surface area contributed by atoms with Crippen molar-refractivity contribution in [3.63, 3.8) is 0 Å². The Morgan fingerprint density at radius 2 is 2.36 bits per heavy atom. The summed E-state index contributed by atoms with van der Waals surface area (Å²) in [6.45, 7) is 0. The van der Waals surface area contributed by atoms with E-state index >= 15 is 0 Å². The molecule has 0 fully saturated rings. The Bertz CT molecular complexity index is 518. The molecule has 7 heteroatoms. The highest BCUT2D eigenvalue weighted by atomic mass is 16.6. The lowest BCUT2D eigenvalue weighted by molar-refractivity contribution is -0.384.